The van der Waals surface area contributed by atoms with E-state index in [1.165, 1.54) is 24.2 Å². The minimum absolute atomic E-state index is 0. The van der Waals surface area contributed by atoms with Crippen LogP contribution >= 0.6 is 35.7 Å². The Balaban J connectivity index is 0.00000208. The molecule has 1 saturated heterocycles. The van der Waals surface area contributed by atoms with Gasteiger partial charge in [0.15, 0.2) is 5.96 Å². The Labute approximate surface area is 164 Å². The first-order valence-electron chi connectivity index (χ1n) is 7.99. The summed E-state index contributed by atoms with van der Waals surface area (Å²) in [7, 11) is 1.82. The van der Waals surface area contributed by atoms with Crippen LogP contribution in [0.4, 0.5) is 0 Å². The molecule has 1 aromatic heterocycles. The summed E-state index contributed by atoms with van der Waals surface area (Å²) in [6.07, 6.45) is 8.22. The summed E-state index contributed by atoms with van der Waals surface area (Å²) >= 11 is 2.05. The molecule has 1 aromatic carbocycles. The number of halogens is 1. The summed E-state index contributed by atoms with van der Waals surface area (Å²) in [4.78, 5) is 8.45. The Morgan fingerprint density at radius 3 is 2.96 bits per heavy atom. The largest absolute Gasteiger partial charge is 0.355 e. The number of thioether (sulfide) groups is 1. The molecule has 1 aliphatic heterocycles. The number of rotatable bonds is 5. The van der Waals surface area contributed by atoms with Gasteiger partial charge in [-0.2, -0.15) is 11.8 Å². The Morgan fingerprint density at radius 2 is 2.25 bits per heavy atom. The van der Waals surface area contributed by atoms with Crippen LogP contribution in [0, 0.1) is 0 Å². The lowest BCUT2D eigenvalue weighted by atomic mass is 10.1. The summed E-state index contributed by atoms with van der Waals surface area (Å²) < 4.78 is 2.03. The summed E-state index contributed by atoms with van der Waals surface area (Å²) in [6, 6.07) is 8.33. The fourth-order valence-corrected chi connectivity index (χ4v) is 3.93. The zero-order valence-corrected chi connectivity index (χ0v) is 17.0. The summed E-state index contributed by atoms with van der Waals surface area (Å²) in [5, 5.41) is 7.56. The van der Waals surface area contributed by atoms with E-state index in [0.717, 1.165) is 24.7 Å². The third-order valence-electron chi connectivity index (χ3n) is 3.97. The molecule has 0 bridgehead atoms. The number of imidazole rings is 1. The van der Waals surface area contributed by atoms with Crippen LogP contribution in [0.1, 0.15) is 18.4 Å². The van der Waals surface area contributed by atoms with Crippen molar-refractivity contribution in [1.82, 2.24) is 20.2 Å². The van der Waals surface area contributed by atoms with Gasteiger partial charge in [0.2, 0.25) is 0 Å². The maximum Gasteiger partial charge on any atom is 0.191 e. The van der Waals surface area contributed by atoms with Crippen molar-refractivity contribution in [3.8, 4) is 5.69 Å². The lowest BCUT2D eigenvalue weighted by Crippen LogP contribution is -2.39. The molecule has 3 rings (SSSR count). The smallest absolute Gasteiger partial charge is 0.191 e. The number of hydrogen-bond donors (Lipinski definition) is 2. The number of benzene rings is 1. The third kappa shape index (κ3) is 5.14. The number of hydrogen-bond acceptors (Lipinski definition) is 3. The predicted molar refractivity (Wildman–Crippen MR) is 113 cm³/mol. The Kier molecular flexibility index (Phi) is 7.90. The van der Waals surface area contributed by atoms with Crippen LogP contribution < -0.4 is 10.6 Å². The van der Waals surface area contributed by atoms with Crippen LogP contribution in [0.15, 0.2) is 48.0 Å². The lowest BCUT2D eigenvalue weighted by Gasteiger charge is -2.16. The fraction of sp³-hybridized carbons (Fsp3) is 0.412. The van der Waals surface area contributed by atoms with E-state index >= 15 is 0 Å². The van der Waals surface area contributed by atoms with Gasteiger partial charge in [0.1, 0.15) is 0 Å². The molecule has 1 fully saturated rings. The van der Waals surface area contributed by atoms with Crippen LogP contribution in [0.25, 0.3) is 5.69 Å². The topological polar surface area (TPSA) is 54.2 Å². The van der Waals surface area contributed by atoms with Crippen molar-refractivity contribution in [2.75, 3.05) is 19.3 Å². The number of nitrogens with one attached hydrogen (secondary N) is 2. The first-order valence-corrected chi connectivity index (χ1v) is 9.04. The highest BCUT2D eigenvalue weighted by molar-refractivity contribution is 14.0. The second-order valence-corrected chi connectivity index (χ2v) is 6.95. The fourth-order valence-electron chi connectivity index (χ4n) is 2.73. The van der Waals surface area contributed by atoms with Crippen LogP contribution in [0.5, 0.6) is 0 Å². The highest BCUT2D eigenvalue weighted by Crippen LogP contribution is 2.25. The molecule has 0 aliphatic carbocycles. The molecule has 2 N–H and O–H groups in total. The summed E-state index contributed by atoms with van der Waals surface area (Å²) in [5.41, 5.74) is 2.35. The molecule has 0 radical (unpaired) electrons. The first-order chi connectivity index (χ1) is 11.4. The SMILES string of the molecule is CN=C(NCc1ccccc1-n1ccnc1)NCC1CCCS1.I. The molecule has 2 heterocycles. The van der Waals surface area contributed by atoms with E-state index in [2.05, 4.69) is 50.6 Å². The van der Waals surface area contributed by atoms with Crippen molar-refractivity contribution < 1.29 is 0 Å². The van der Waals surface area contributed by atoms with Gasteiger partial charge in [0.25, 0.3) is 0 Å². The average Bonchev–Trinajstić information content (AvgIpc) is 3.29. The van der Waals surface area contributed by atoms with Gasteiger partial charge in [-0.1, -0.05) is 18.2 Å². The molecule has 2 aromatic rings. The van der Waals surface area contributed by atoms with Crippen LogP contribution in [-0.2, 0) is 6.54 Å². The quantitative estimate of drug-likeness (QED) is 0.412. The van der Waals surface area contributed by atoms with E-state index in [-0.39, 0.29) is 24.0 Å². The van der Waals surface area contributed by atoms with Crippen molar-refractivity contribution >= 4 is 41.7 Å². The van der Waals surface area contributed by atoms with Gasteiger partial charge in [0.05, 0.1) is 12.0 Å². The number of nitrogens with zero attached hydrogens (tertiary/aromatic N) is 3. The van der Waals surface area contributed by atoms with Gasteiger partial charge in [-0.25, -0.2) is 4.98 Å². The van der Waals surface area contributed by atoms with Gasteiger partial charge in [-0.15, -0.1) is 24.0 Å². The number of guanidine groups is 1. The second-order valence-electron chi connectivity index (χ2n) is 5.54. The number of aromatic nitrogens is 2. The molecular weight excluding hydrogens is 433 g/mol. The zero-order valence-electron chi connectivity index (χ0n) is 13.8. The Morgan fingerprint density at radius 1 is 1.38 bits per heavy atom. The van der Waals surface area contributed by atoms with Crippen LogP contribution in [0.2, 0.25) is 0 Å². The van der Waals surface area contributed by atoms with E-state index < -0.39 is 0 Å². The lowest BCUT2D eigenvalue weighted by molar-refractivity contribution is 0.725. The summed E-state index contributed by atoms with van der Waals surface area (Å²) in [5.74, 6) is 2.15. The van der Waals surface area contributed by atoms with Crippen molar-refractivity contribution in [2.24, 2.45) is 4.99 Å². The van der Waals surface area contributed by atoms with Gasteiger partial charge >= 0.3 is 0 Å². The number of aliphatic imine (C=N–C) groups is 1. The van der Waals surface area contributed by atoms with E-state index in [0.29, 0.717) is 5.25 Å². The van der Waals surface area contributed by atoms with E-state index in [1.54, 1.807) is 6.20 Å². The molecule has 7 heteroatoms. The molecule has 5 nitrogen and oxygen atoms in total. The van der Waals surface area contributed by atoms with Gasteiger partial charge < -0.3 is 15.2 Å². The average molecular weight is 457 g/mol. The highest BCUT2D eigenvalue weighted by Gasteiger charge is 2.15. The summed E-state index contributed by atoms with van der Waals surface area (Å²) in [6.45, 7) is 1.71. The number of para-hydroxylation sites is 1. The molecule has 0 amide bonds. The van der Waals surface area contributed by atoms with Crippen LogP contribution in [-0.4, -0.2) is 40.1 Å². The maximum absolute atomic E-state index is 4.32. The Hall–Kier alpha value is -1.22. The first kappa shape index (κ1) is 19.1. The monoisotopic (exact) mass is 457 g/mol. The van der Waals surface area contributed by atoms with Crippen molar-refractivity contribution in [3.63, 3.8) is 0 Å². The standard InChI is InChI=1S/C17H23N5S.HI/c1-18-17(21-12-15-6-4-10-23-15)20-11-14-5-2-3-7-16(14)22-9-8-19-13-22;/h2-3,5,7-9,13,15H,4,6,10-12H2,1H3,(H2,18,20,21);1H. The molecule has 130 valence electrons. The van der Waals surface area contributed by atoms with E-state index in [9.17, 15) is 0 Å². The van der Waals surface area contributed by atoms with Crippen molar-refractivity contribution in [2.45, 2.75) is 24.6 Å². The minimum atomic E-state index is 0. The highest BCUT2D eigenvalue weighted by atomic mass is 127. The normalized spacial score (nSPS) is 17.4. The van der Waals surface area contributed by atoms with Gasteiger partial charge in [0, 0.05) is 37.8 Å². The molecule has 0 saturated carbocycles. The van der Waals surface area contributed by atoms with Crippen LogP contribution in [0.3, 0.4) is 0 Å². The van der Waals surface area contributed by atoms with Crippen molar-refractivity contribution in [1.29, 1.82) is 0 Å². The third-order valence-corrected chi connectivity index (χ3v) is 5.36. The van der Waals surface area contributed by atoms with Gasteiger partial charge in [-0.05, 0) is 30.2 Å². The van der Waals surface area contributed by atoms with E-state index in [4.69, 9.17) is 0 Å². The van der Waals surface area contributed by atoms with Crippen molar-refractivity contribution in [3.05, 3.63) is 48.5 Å². The van der Waals surface area contributed by atoms with Gasteiger partial charge in [-0.3, -0.25) is 4.99 Å². The molecule has 0 spiro atoms. The molecule has 1 unspecified atom stereocenters. The predicted octanol–water partition coefficient (Wildman–Crippen LogP) is 3.05. The molecule has 24 heavy (non-hydrogen) atoms. The molecular formula is C17H24IN5S. The molecule has 1 atom stereocenters. The maximum atomic E-state index is 4.32. The second kappa shape index (κ2) is 9.93. The van der Waals surface area contributed by atoms with E-state index in [1.807, 2.05) is 30.2 Å². The Bertz CT molecular complexity index is 638. The zero-order chi connectivity index (χ0) is 15.9. The minimum Gasteiger partial charge on any atom is -0.355 e. The molecule has 1 aliphatic rings.